The molecule has 30 heavy (non-hydrogen) atoms. The quantitative estimate of drug-likeness (QED) is 0.461. The Balaban J connectivity index is 1.84. The Labute approximate surface area is 176 Å². The van der Waals surface area contributed by atoms with Crippen LogP contribution in [-0.4, -0.2) is 22.5 Å². The number of benzene rings is 3. The van der Waals surface area contributed by atoms with Crippen LogP contribution in [0.3, 0.4) is 0 Å². The molecule has 4 nitrogen and oxygen atoms in total. The van der Waals surface area contributed by atoms with Gasteiger partial charge in [-0.05, 0) is 49.2 Å². The smallest absolute Gasteiger partial charge is 0.243 e. The molecule has 4 heteroatoms. The molecule has 0 spiro atoms. The number of nitrogens with zero attached hydrogens (tertiary/aromatic N) is 2. The average Bonchev–Trinajstić information content (AvgIpc) is 3.17. The first-order valence-electron chi connectivity index (χ1n) is 10.1. The van der Waals surface area contributed by atoms with Gasteiger partial charge in [0.2, 0.25) is 5.91 Å². The van der Waals surface area contributed by atoms with E-state index in [4.69, 9.17) is 4.98 Å². The van der Waals surface area contributed by atoms with E-state index in [0.29, 0.717) is 0 Å². The van der Waals surface area contributed by atoms with Crippen LogP contribution in [0.4, 0.5) is 0 Å². The van der Waals surface area contributed by atoms with E-state index in [0.717, 1.165) is 28.0 Å². The second kappa shape index (κ2) is 8.37. The van der Waals surface area contributed by atoms with Crippen LogP contribution in [0.5, 0.6) is 0 Å². The number of likely N-dealkylation sites (N-methyl/N-ethyl adjacent to an activating group) is 1. The summed E-state index contributed by atoms with van der Waals surface area (Å²) in [5.41, 5.74) is 6.53. The van der Waals surface area contributed by atoms with Gasteiger partial charge in [0, 0.05) is 18.7 Å². The number of amides is 1. The summed E-state index contributed by atoms with van der Waals surface area (Å²) in [6.45, 7) is 4.31. The number of fused-ring (bicyclic) bond motifs is 1. The Kier molecular flexibility index (Phi) is 5.48. The summed E-state index contributed by atoms with van der Waals surface area (Å²) < 4.78 is 2.29. The highest BCUT2D eigenvalue weighted by Crippen LogP contribution is 2.32. The molecule has 0 radical (unpaired) electrons. The number of hydrogen-bond donors (Lipinski definition) is 1. The van der Waals surface area contributed by atoms with E-state index >= 15 is 0 Å². The first-order valence-corrected chi connectivity index (χ1v) is 10.1. The first-order chi connectivity index (χ1) is 14.6. The Bertz CT molecular complexity index is 1220. The predicted octanol–water partition coefficient (Wildman–Crippen LogP) is 5.38. The molecular weight excluding hydrogens is 370 g/mol. The Hall–Kier alpha value is -3.66. The van der Waals surface area contributed by atoms with Crippen LogP contribution in [0, 0.1) is 6.92 Å². The number of para-hydroxylation sites is 2. The van der Waals surface area contributed by atoms with Crippen molar-refractivity contribution in [3.8, 4) is 11.4 Å². The van der Waals surface area contributed by atoms with Gasteiger partial charge in [0.15, 0.2) is 0 Å². The van der Waals surface area contributed by atoms with Crippen LogP contribution in [0.15, 0.2) is 78.9 Å². The van der Waals surface area contributed by atoms with E-state index in [1.165, 1.54) is 17.2 Å². The summed E-state index contributed by atoms with van der Waals surface area (Å²) in [6.07, 6.45) is 3.36. The van der Waals surface area contributed by atoms with Crippen molar-refractivity contribution in [2.45, 2.75) is 19.9 Å². The van der Waals surface area contributed by atoms with Crippen molar-refractivity contribution in [3.63, 3.8) is 0 Å². The highest BCUT2D eigenvalue weighted by atomic mass is 16.1. The second-order valence-corrected chi connectivity index (χ2v) is 7.45. The second-order valence-electron chi connectivity index (χ2n) is 7.45. The van der Waals surface area contributed by atoms with Gasteiger partial charge < -0.3 is 9.88 Å². The first kappa shape index (κ1) is 19.6. The number of hydrogen-bond acceptors (Lipinski definition) is 2. The zero-order valence-electron chi connectivity index (χ0n) is 17.5. The summed E-state index contributed by atoms with van der Waals surface area (Å²) in [5, 5.41) is 2.60. The third-order valence-corrected chi connectivity index (χ3v) is 5.36. The van der Waals surface area contributed by atoms with E-state index in [1.807, 2.05) is 30.3 Å². The van der Waals surface area contributed by atoms with Crippen LogP contribution in [0.25, 0.3) is 28.5 Å². The van der Waals surface area contributed by atoms with Crippen molar-refractivity contribution in [2.75, 3.05) is 7.05 Å². The maximum atomic E-state index is 11.6. The van der Waals surface area contributed by atoms with Crippen LogP contribution in [-0.2, 0) is 4.79 Å². The third kappa shape index (κ3) is 3.90. The SMILES string of the molecule is CNC(=O)/C=C/c1cccc(-c2nc3ccccc3n2[C@H](C)c2ccc(C)cc2)c1. The number of aryl methyl sites for hydroxylation is 1. The van der Waals surface area contributed by atoms with Gasteiger partial charge in [-0.25, -0.2) is 4.98 Å². The van der Waals surface area contributed by atoms with E-state index in [9.17, 15) is 4.79 Å². The number of aromatic nitrogens is 2. The van der Waals surface area contributed by atoms with Crippen molar-refractivity contribution in [3.05, 3.63) is 95.6 Å². The topological polar surface area (TPSA) is 46.9 Å². The third-order valence-electron chi connectivity index (χ3n) is 5.36. The van der Waals surface area contributed by atoms with E-state index in [2.05, 4.69) is 72.3 Å². The molecule has 0 unspecified atom stereocenters. The van der Waals surface area contributed by atoms with Gasteiger partial charge >= 0.3 is 0 Å². The molecule has 0 bridgehead atoms. The Morgan fingerprint density at radius 1 is 1.03 bits per heavy atom. The minimum Gasteiger partial charge on any atom is -0.356 e. The fourth-order valence-electron chi connectivity index (χ4n) is 3.67. The lowest BCUT2D eigenvalue weighted by Crippen LogP contribution is -2.13. The summed E-state index contributed by atoms with van der Waals surface area (Å²) in [4.78, 5) is 16.5. The van der Waals surface area contributed by atoms with Crippen molar-refractivity contribution < 1.29 is 4.79 Å². The Morgan fingerprint density at radius 2 is 1.80 bits per heavy atom. The zero-order chi connectivity index (χ0) is 21.1. The number of carbonyl (C=O) groups excluding carboxylic acids is 1. The van der Waals surface area contributed by atoms with Crippen LogP contribution < -0.4 is 5.32 Å². The van der Waals surface area contributed by atoms with Gasteiger partial charge in [-0.2, -0.15) is 0 Å². The van der Waals surface area contributed by atoms with E-state index < -0.39 is 0 Å². The number of nitrogens with one attached hydrogen (secondary N) is 1. The summed E-state index contributed by atoms with van der Waals surface area (Å²) >= 11 is 0. The zero-order valence-corrected chi connectivity index (χ0v) is 17.5. The lowest BCUT2D eigenvalue weighted by molar-refractivity contribution is -0.115. The predicted molar refractivity (Wildman–Crippen MR) is 123 cm³/mol. The molecule has 0 aliphatic rings. The highest BCUT2D eigenvalue weighted by molar-refractivity contribution is 5.91. The van der Waals surface area contributed by atoms with Crippen molar-refractivity contribution in [2.24, 2.45) is 0 Å². The van der Waals surface area contributed by atoms with E-state index in [-0.39, 0.29) is 11.9 Å². The Morgan fingerprint density at radius 3 is 2.57 bits per heavy atom. The lowest BCUT2D eigenvalue weighted by Gasteiger charge is -2.19. The molecule has 1 amide bonds. The normalized spacial score (nSPS) is 12.4. The van der Waals surface area contributed by atoms with Crippen molar-refractivity contribution >= 4 is 23.0 Å². The van der Waals surface area contributed by atoms with Crippen LogP contribution in [0.2, 0.25) is 0 Å². The molecule has 3 aromatic carbocycles. The maximum Gasteiger partial charge on any atom is 0.243 e. The average molecular weight is 396 g/mol. The molecule has 1 heterocycles. The van der Waals surface area contributed by atoms with Gasteiger partial charge in [0.05, 0.1) is 17.1 Å². The number of rotatable bonds is 5. The highest BCUT2D eigenvalue weighted by Gasteiger charge is 2.18. The molecule has 0 saturated carbocycles. The van der Waals surface area contributed by atoms with Crippen molar-refractivity contribution in [1.29, 1.82) is 0 Å². The molecule has 1 atom stereocenters. The molecular formula is C26H25N3O. The minimum atomic E-state index is -0.124. The molecule has 4 rings (SSSR count). The van der Waals surface area contributed by atoms with E-state index in [1.54, 1.807) is 7.05 Å². The van der Waals surface area contributed by atoms with Crippen LogP contribution >= 0.6 is 0 Å². The maximum absolute atomic E-state index is 11.6. The molecule has 0 aliphatic heterocycles. The fourth-order valence-corrected chi connectivity index (χ4v) is 3.67. The lowest BCUT2D eigenvalue weighted by atomic mass is 10.0. The van der Waals surface area contributed by atoms with Crippen LogP contribution in [0.1, 0.15) is 29.7 Å². The molecule has 150 valence electrons. The van der Waals surface area contributed by atoms with Gasteiger partial charge in [-0.3, -0.25) is 4.79 Å². The molecule has 1 N–H and O–H groups in total. The van der Waals surface area contributed by atoms with Gasteiger partial charge in [-0.15, -0.1) is 0 Å². The summed E-state index contributed by atoms with van der Waals surface area (Å²) in [5.74, 6) is 0.792. The molecule has 0 saturated heterocycles. The van der Waals surface area contributed by atoms with Gasteiger partial charge in [-0.1, -0.05) is 60.2 Å². The molecule has 4 aromatic rings. The number of carbonyl (C=O) groups is 1. The van der Waals surface area contributed by atoms with Gasteiger partial charge in [0.1, 0.15) is 5.82 Å². The number of imidazole rings is 1. The minimum absolute atomic E-state index is 0.123. The molecule has 0 fully saturated rings. The fraction of sp³-hybridized carbons (Fsp3) is 0.154. The molecule has 0 aliphatic carbocycles. The summed E-state index contributed by atoms with van der Waals surface area (Å²) in [7, 11) is 1.62. The monoisotopic (exact) mass is 395 g/mol. The van der Waals surface area contributed by atoms with Crippen molar-refractivity contribution in [1.82, 2.24) is 14.9 Å². The summed E-state index contributed by atoms with van der Waals surface area (Å²) in [6, 6.07) is 25.1. The standard InChI is InChI=1S/C26H25N3O/c1-18-11-14-21(15-12-18)19(2)29-24-10-5-4-9-23(24)28-26(29)22-8-6-7-20(17-22)13-16-25(30)27-3/h4-17,19H,1-3H3,(H,27,30)/b16-13+/t19-/m1/s1. The largest absolute Gasteiger partial charge is 0.356 e. The molecule has 1 aromatic heterocycles. The van der Waals surface area contributed by atoms with Gasteiger partial charge in [0.25, 0.3) is 0 Å².